The summed E-state index contributed by atoms with van der Waals surface area (Å²) in [6, 6.07) is 9.40. The summed E-state index contributed by atoms with van der Waals surface area (Å²) in [5.41, 5.74) is 2.44. The van der Waals surface area contributed by atoms with Crippen molar-refractivity contribution in [1.29, 1.82) is 0 Å². The van der Waals surface area contributed by atoms with E-state index in [4.69, 9.17) is 7.85 Å². The van der Waals surface area contributed by atoms with Crippen LogP contribution < -0.4 is 10.8 Å². The molecule has 4 nitrogen and oxygen atoms in total. The lowest BCUT2D eigenvalue weighted by Crippen LogP contribution is -2.04. The van der Waals surface area contributed by atoms with Gasteiger partial charge in [-0.05, 0) is 18.2 Å². The highest BCUT2D eigenvalue weighted by Crippen LogP contribution is 2.23. The molecule has 3 rings (SSSR count). The number of hydrogen-bond donors (Lipinski definition) is 1. The van der Waals surface area contributed by atoms with Crippen LogP contribution in [0.4, 0.5) is 5.82 Å². The second kappa shape index (κ2) is 4.68. The van der Waals surface area contributed by atoms with Gasteiger partial charge in [-0.2, -0.15) is 0 Å². The third kappa shape index (κ3) is 2.15. The van der Waals surface area contributed by atoms with Crippen molar-refractivity contribution in [1.82, 2.24) is 15.0 Å². The topological polar surface area (TPSA) is 50.7 Å². The molecule has 0 amide bonds. The van der Waals surface area contributed by atoms with E-state index in [0.29, 0.717) is 11.3 Å². The molecule has 0 fully saturated rings. The summed E-state index contributed by atoms with van der Waals surface area (Å²) in [6.07, 6.45) is 3.47. The van der Waals surface area contributed by atoms with Crippen molar-refractivity contribution in [3.8, 4) is 11.4 Å². The van der Waals surface area contributed by atoms with Crippen molar-refractivity contribution in [2.45, 2.75) is 0 Å². The molecular weight excluding hydrogens is 235 g/mol. The van der Waals surface area contributed by atoms with Gasteiger partial charge in [0.25, 0.3) is 0 Å². The van der Waals surface area contributed by atoms with Gasteiger partial charge in [-0.1, -0.05) is 17.6 Å². The number of hydrogen-bond acceptors (Lipinski definition) is 4. The largest absolute Gasteiger partial charge is 0.373 e. The third-order valence-corrected chi connectivity index (χ3v) is 2.88. The van der Waals surface area contributed by atoms with E-state index < -0.39 is 0 Å². The van der Waals surface area contributed by atoms with E-state index in [2.05, 4.69) is 20.3 Å². The summed E-state index contributed by atoms with van der Waals surface area (Å²) in [5, 5.41) is 3.99. The normalized spacial score (nSPS) is 10.6. The Labute approximate surface area is 112 Å². The smallest absolute Gasteiger partial charge is 0.163 e. The molecule has 0 saturated carbocycles. The first-order chi connectivity index (χ1) is 9.28. The van der Waals surface area contributed by atoms with Gasteiger partial charge < -0.3 is 5.32 Å². The van der Waals surface area contributed by atoms with E-state index in [1.165, 1.54) is 0 Å². The molecule has 0 spiro atoms. The van der Waals surface area contributed by atoms with Crippen LogP contribution in [0.5, 0.6) is 0 Å². The molecule has 0 aliphatic heterocycles. The highest BCUT2D eigenvalue weighted by atomic mass is 15.0. The van der Waals surface area contributed by atoms with Crippen LogP contribution in [-0.4, -0.2) is 29.8 Å². The van der Waals surface area contributed by atoms with Crippen molar-refractivity contribution in [3.05, 3.63) is 42.7 Å². The summed E-state index contributed by atoms with van der Waals surface area (Å²) >= 11 is 0. The lowest BCUT2D eigenvalue weighted by atomic mass is 9.95. The zero-order valence-corrected chi connectivity index (χ0v) is 10.5. The van der Waals surface area contributed by atoms with E-state index >= 15 is 0 Å². The van der Waals surface area contributed by atoms with Crippen molar-refractivity contribution >= 4 is 30.0 Å². The first-order valence-corrected chi connectivity index (χ1v) is 5.93. The van der Waals surface area contributed by atoms with Crippen LogP contribution in [0, 0.1) is 0 Å². The molecule has 19 heavy (non-hydrogen) atoms. The fourth-order valence-electron chi connectivity index (χ4n) is 1.96. The minimum absolute atomic E-state index is 0.648. The van der Waals surface area contributed by atoms with Gasteiger partial charge >= 0.3 is 0 Å². The van der Waals surface area contributed by atoms with Gasteiger partial charge in [-0.15, -0.1) is 0 Å². The molecule has 0 aliphatic rings. The molecule has 0 bridgehead atoms. The van der Waals surface area contributed by atoms with E-state index in [0.717, 1.165) is 22.3 Å². The zero-order chi connectivity index (χ0) is 13.2. The van der Waals surface area contributed by atoms with E-state index in [1.807, 2.05) is 37.4 Å². The molecule has 2 heterocycles. The van der Waals surface area contributed by atoms with Crippen LogP contribution in [0.1, 0.15) is 0 Å². The van der Waals surface area contributed by atoms with Crippen LogP contribution in [0.25, 0.3) is 22.3 Å². The molecule has 90 valence electrons. The average molecular weight is 246 g/mol. The Bertz CT molecular complexity index is 728. The predicted molar refractivity (Wildman–Crippen MR) is 77.7 cm³/mol. The Balaban J connectivity index is 2.26. The van der Waals surface area contributed by atoms with Gasteiger partial charge in [0.05, 0.1) is 5.52 Å². The maximum absolute atomic E-state index is 5.80. The fraction of sp³-hybridized carbons (Fsp3) is 0.0714. The van der Waals surface area contributed by atoms with Gasteiger partial charge in [0.2, 0.25) is 0 Å². The maximum Gasteiger partial charge on any atom is 0.163 e. The number of nitrogens with one attached hydrogen (secondary N) is 1. The van der Waals surface area contributed by atoms with Gasteiger partial charge in [0.15, 0.2) is 5.82 Å². The summed E-state index contributed by atoms with van der Waals surface area (Å²) in [4.78, 5) is 13.2. The van der Waals surface area contributed by atoms with Crippen LogP contribution in [0.3, 0.4) is 0 Å². The van der Waals surface area contributed by atoms with Crippen molar-refractivity contribution < 1.29 is 0 Å². The number of benzene rings is 1. The first-order valence-electron chi connectivity index (χ1n) is 5.93. The Morgan fingerprint density at radius 3 is 2.79 bits per heavy atom. The molecule has 0 saturated heterocycles. The highest BCUT2D eigenvalue weighted by molar-refractivity contribution is 6.33. The average Bonchev–Trinajstić information content (AvgIpc) is 2.47. The van der Waals surface area contributed by atoms with Gasteiger partial charge in [0.1, 0.15) is 13.7 Å². The summed E-state index contributed by atoms with van der Waals surface area (Å²) < 4.78 is 0. The van der Waals surface area contributed by atoms with Gasteiger partial charge in [-0.25, -0.2) is 9.97 Å². The van der Waals surface area contributed by atoms with Gasteiger partial charge in [0, 0.05) is 30.4 Å². The molecule has 2 aromatic heterocycles. The lowest BCUT2D eigenvalue weighted by molar-refractivity contribution is 1.20. The number of aromatic nitrogens is 3. The SMILES string of the molecule is [B]c1ccc2nc(-c3cccnc3)nc(NC)c2c1. The van der Waals surface area contributed by atoms with E-state index in [1.54, 1.807) is 12.4 Å². The molecule has 2 radical (unpaired) electrons. The Morgan fingerprint density at radius 1 is 1.16 bits per heavy atom. The quantitative estimate of drug-likeness (QED) is 0.696. The Kier molecular flexibility index (Phi) is 2.87. The van der Waals surface area contributed by atoms with Crippen molar-refractivity contribution in [2.24, 2.45) is 0 Å². The van der Waals surface area contributed by atoms with Crippen LogP contribution in [0.15, 0.2) is 42.7 Å². The molecule has 1 N–H and O–H groups in total. The number of pyridine rings is 1. The monoisotopic (exact) mass is 246 g/mol. The summed E-state index contributed by atoms with van der Waals surface area (Å²) in [7, 11) is 7.63. The molecule has 5 heteroatoms. The number of anilines is 1. The number of rotatable bonds is 2. The predicted octanol–water partition coefficient (Wildman–Crippen LogP) is 1.53. The van der Waals surface area contributed by atoms with E-state index in [9.17, 15) is 0 Å². The highest BCUT2D eigenvalue weighted by Gasteiger charge is 2.08. The molecular formula is C14H11BN4. The maximum atomic E-state index is 5.80. The lowest BCUT2D eigenvalue weighted by Gasteiger charge is -2.08. The minimum atomic E-state index is 0.648. The van der Waals surface area contributed by atoms with Crippen LogP contribution >= 0.6 is 0 Å². The van der Waals surface area contributed by atoms with Crippen molar-refractivity contribution in [3.63, 3.8) is 0 Å². The zero-order valence-electron chi connectivity index (χ0n) is 10.5. The Morgan fingerprint density at radius 2 is 2.05 bits per heavy atom. The summed E-state index contributed by atoms with van der Waals surface area (Å²) in [6.45, 7) is 0. The number of nitrogens with zero attached hydrogens (tertiary/aromatic N) is 3. The van der Waals surface area contributed by atoms with Crippen LogP contribution in [0.2, 0.25) is 0 Å². The minimum Gasteiger partial charge on any atom is -0.373 e. The van der Waals surface area contributed by atoms with Crippen molar-refractivity contribution in [2.75, 3.05) is 12.4 Å². The first kappa shape index (κ1) is 11.7. The molecule has 0 atom stereocenters. The molecule has 1 aromatic carbocycles. The second-order valence-electron chi connectivity index (χ2n) is 4.16. The van der Waals surface area contributed by atoms with E-state index in [-0.39, 0.29) is 0 Å². The second-order valence-corrected chi connectivity index (χ2v) is 4.16. The number of fused-ring (bicyclic) bond motifs is 1. The third-order valence-electron chi connectivity index (χ3n) is 2.88. The molecule has 0 aliphatic carbocycles. The fourth-order valence-corrected chi connectivity index (χ4v) is 1.96. The standard InChI is InChI=1S/C14H11BN4/c1-16-14-11-7-10(15)4-5-12(11)18-13(19-14)9-3-2-6-17-8-9/h2-8H,1H3,(H,16,18,19). The Hall–Kier alpha value is -2.43. The molecule has 3 aromatic rings. The van der Waals surface area contributed by atoms with Crippen LogP contribution in [-0.2, 0) is 0 Å². The summed E-state index contributed by atoms with van der Waals surface area (Å²) in [5.74, 6) is 1.41. The van der Waals surface area contributed by atoms with Gasteiger partial charge in [-0.3, -0.25) is 4.98 Å². The molecule has 0 unspecified atom stereocenters.